The summed E-state index contributed by atoms with van der Waals surface area (Å²) in [5, 5.41) is 3.54. The highest BCUT2D eigenvalue weighted by Crippen LogP contribution is 2.34. The zero-order valence-electron chi connectivity index (χ0n) is 13.7. The van der Waals surface area contributed by atoms with Crippen molar-refractivity contribution in [2.24, 2.45) is 0 Å². The molecular weight excluding hydrogens is 246 g/mol. The average molecular weight is 275 g/mol. The number of aryl methyl sites for hydroxylation is 2. The van der Waals surface area contributed by atoms with Gasteiger partial charge in [0.05, 0.1) is 0 Å². The second-order valence-electron chi connectivity index (χ2n) is 7.14. The first kappa shape index (κ1) is 15.4. The second-order valence-corrected chi connectivity index (χ2v) is 7.14. The van der Waals surface area contributed by atoms with Gasteiger partial charge in [0.1, 0.15) is 5.82 Å². The van der Waals surface area contributed by atoms with Gasteiger partial charge in [-0.25, -0.2) is 9.97 Å². The van der Waals surface area contributed by atoms with Crippen LogP contribution in [0.5, 0.6) is 0 Å². The summed E-state index contributed by atoms with van der Waals surface area (Å²) in [6.45, 7) is 12.0. The van der Waals surface area contributed by atoms with Crippen molar-refractivity contribution >= 4 is 0 Å². The first-order valence-electron chi connectivity index (χ1n) is 7.96. The lowest BCUT2D eigenvalue weighted by atomic mass is 9.84. The molecule has 1 aromatic heterocycles. The normalized spacial score (nSPS) is 16.2. The van der Waals surface area contributed by atoms with E-state index in [1.165, 1.54) is 36.2 Å². The van der Waals surface area contributed by atoms with Crippen LogP contribution in [0.15, 0.2) is 0 Å². The lowest BCUT2D eigenvalue weighted by Gasteiger charge is -2.25. The third-order valence-corrected chi connectivity index (χ3v) is 4.17. The minimum Gasteiger partial charge on any atom is -0.312 e. The standard InChI is InChI=1S/C17H29N3/c1-12-15(10-7-11-18-17(3,4)5)13(2)20-16(19-12)14-8-6-9-14/h14,18H,6-11H2,1-5H3. The average Bonchev–Trinajstić information content (AvgIpc) is 2.23. The van der Waals surface area contributed by atoms with Crippen LogP contribution < -0.4 is 5.32 Å². The van der Waals surface area contributed by atoms with Crippen LogP contribution in [0.4, 0.5) is 0 Å². The summed E-state index contributed by atoms with van der Waals surface area (Å²) in [4.78, 5) is 9.50. The van der Waals surface area contributed by atoms with Crippen LogP contribution in [0.2, 0.25) is 0 Å². The third kappa shape index (κ3) is 4.02. The van der Waals surface area contributed by atoms with Crippen LogP contribution in [0.1, 0.15) is 75.1 Å². The van der Waals surface area contributed by atoms with Crippen molar-refractivity contribution in [2.75, 3.05) is 6.54 Å². The molecular formula is C17H29N3. The van der Waals surface area contributed by atoms with E-state index in [4.69, 9.17) is 9.97 Å². The van der Waals surface area contributed by atoms with Gasteiger partial charge in [-0.2, -0.15) is 0 Å². The Bertz CT molecular complexity index is 433. The van der Waals surface area contributed by atoms with Crippen LogP contribution in [-0.4, -0.2) is 22.1 Å². The van der Waals surface area contributed by atoms with E-state index >= 15 is 0 Å². The van der Waals surface area contributed by atoms with Gasteiger partial charge in [0.15, 0.2) is 0 Å². The van der Waals surface area contributed by atoms with E-state index < -0.39 is 0 Å². The SMILES string of the molecule is Cc1nc(C2CCC2)nc(C)c1CCCNC(C)(C)C. The smallest absolute Gasteiger partial charge is 0.131 e. The van der Waals surface area contributed by atoms with Crippen molar-refractivity contribution in [3.63, 3.8) is 0 Å². The molecule has 1 fully saturated rings. The first-order valence-corrected chi connectivity index (χ1v) is 7.96. The van der Waals surface area contributed by atoms with Crippen LogP contribution in [0.3, 0.4) is 0 Å². The Hall–Kier alpha value is -0.960. The van der Waals surface area contributed by atoms with Gasteiger partial charge in [-0.1, -0.05) is 6.42 Å². The van der Waals surface area contributed by atoms with E-state index in [-0.39, 0.29) is 5.54 Å². The van der Waals surface area contributed by atoms with Crippen molar-refractivity contribution < 1.29 is 0 Å². The molecule has 3 heteroatoms. The van der Waals surface area contributed by atoms with Crippen LogP contribution in [0.25, 0.3) is 0 Å². The van der Waals surface area contributed by atoms with E-state index in [9.17, 15) is 0 Å². The Balaban J connectivity index is 1.94. The predicted octanol–water partition coefficient (Wildman–Crippen LogP) is 3.68. The van der Waals surface area contributed by atoms with Crippen molar-refractivity contribution in [1.29, 1.82) is 0 Å². The molecule has 3 nitrogen and oxygen atoms in total. The fourth-order valence-electron chi connectivity index (χ4n) is 2.70. The van der Waals surface area contributed by atoms with Gasteiger partial charge in [-0.15, -0.1) is 0 Å². The minimum absolute atomic E-state index is 0.203. The van der Waals surface area contributed by atoms with Crippen LogP contribution in [0, 0.1) is 13.8 Å². The monoisotopic (exact) mass is 275 g/mol. The van der Waals surface area contributed by atoms with Gasteiger partial charge in [0.25, 0.3) is 0 Å². The highest BCUT2D eigenvalue weighted by atomic mass is 14.9. The van der Waals surface area contributed by atoms with Crippen molar-refractivity contribution in [3.8, 4) is 0 Å². The van der Waals surface area contributed by atoms with Crippen molar-refractivity contribution in [3.05, 3.63) is 22.8 Å². The fourth-order valence-corrected chi connectivity index (χ4v) is 2.70. The maximum absolute atomic E-state index is 4.75. The number of hydrogen-bond donors (Lipinski definition) is 1. The van der Waals surface area contributed by atoms with E-state index in [1.807, 2.05) is 0 Å². The molecule has 20 heavy (non-hydrogen) atoms. The fraction of sp³-hybridized carbons (Fsp3) is 0.765. The highest BCUT2D eigenvalue weighted by Gasteiger charge is 2.23. The summed E-state index contributed by atoms with van der Waals surface area (Å²) in [5.74, 6) is 1.71. The molecule has 0 spiro atoms. The largest absolute Gasteiger partial charge is 0.312 e. The molecule has 1 heterocycles. The topological polar surface area (TPSA) is 37.8 Å². The minimum atomic E-state index is 0.203. The summed E-state index contributed by atoms with van der Waals surface area (Å²) in [6.07, 6.45) is 6.10. The lowest BCUT2D eigenvalue weighted by Crippen LogP contribution is -2.36. The molecule has 0 radical (unpaired) electrons. The van der Waals surface area contributed by atoms with Gasteiger partial charge in [-0.3, -0.25) is 0 Å². The predicted molar refractivity (Wildman–Crippen MR) is 84.2 cm³/mol. The Kier molecular flexibility index (Phi) is 4.79. The van der Waals surface area contributed by atoms with Gasteiger partial charge < -0.3 is 5.32 Å². The quantitative estimate of drug-likeness (QED) is 0.833. The zero-order chi connectivity index (χ0) is 14.8. The van der Waals surface area contributed by atoms with Crippen molar-refractivity contribution in [1.82, 2.24) is 15.3 Å². The van der Waals surface area contributed by atoms with Crippen LogP contribution in [-0.2, 0) is 6.42 Å². The molecule has 0 aliphatic heterocycles. The molecule has 0 aromatic carbocycles. The summed E-state index contributed by atoms with van der Waals surface area (Å²) in [5.41, 5.74) is 3.93. The number of hydrogen-bond acceptors (Lipinski definition) is 3. The molecule has 1 aliphatic rings. The number of rotatable bonds is 5. The van der Waals surface area contributed by atoms with Gasteiger partial charge >= 0.3 is 0 Å². The van der Waals surface area contributed by atoms with E-state index in [1.54, 1.807) is 0 Å². The van der Waals surface area contributed by atoms with Gasteiger partial charge in [0, 0.05) is 22.8 Å². The van der Waals surface area contributed by atoms with Crippen molar-refractivity contribution in [2.45, 2.75) is 78.2 Å². The number of nitrogens with zero attached hydrogens (tertiary/aromatic N) is 2. The lowest BCUT2D eigenvalue weighted by molar-refractivity contribution is 0.399. The molecule has 0 saturated heterocycles. The molecule has 1 N–H and O–H groups in total. The van der Waals surface area contributed by atoms with Gasteiger partial charge in [-0.05, 0) is 72.4 Å². The molecule has 0 unspecified atom stereocenters. The molecule has 0 atom stereocenters. The Labute approximate surface area is 123 Å². The Morgan fingerprint density at radius 3 is 2.15 bits per heavy atom. The molecule has 2 rings (SSSR count). The molecule has 112 valence electrons. The molecule has 0 amide bonds. The van der Waals surface area contributed by atoms with E-state index in [0.29, 0.717) is 5.92 Å². The Morgan fingerprint density at radius 2 is 1.70 bits per heavy atom. The summed E-state index contributed by atoms with van der Waals surface area (Å²) in [6, 6.07) is 0. The highest BCUT2D eigenvalue weighted by molar-refractivity contribution is 5.25. The number of aromatic nitrogens is 2. The summed E-state index contributed by atoms with van der Waals surface area (Å²) >= 11 is 0. The van der Waals surface area contributed by atoms with E-state index in [0.717, 1.165) is 25.2 Å². The van der Waals surface area contributed by atoms with E-state index in [2.05, 4.69) is 39.9 Å². The Morgan fingerprint density at radius 1 is 1.10 bits per heavy atom. The maximum Gasteiger partial charge on any atom is 0.131 e. The zero-order valence-corrected chi connectivity index (χ0v) is 13.7. The second kappa shape index (κ2) is 6.21. The van der Waals surface area contributed by atoms with Crippen LogP contribution >= 0.6 is 0 Å². The summed E-state index contributed by atoms with van der Waals surface area (Å²) < 4.78 is 0. The first-order chi connectivity index (χ1) is 9.37. The molecule has 1 aliphatic carbocycles. The summed E-state index contributed by atoms with van der Waals surface area (Å²) in [7, 11) is 0. The molecule has 1 aromatic rings. The molecule has 0 bridgehead atoms. The maximum atomic E-state index is 4.75. The molecule has 1 saturated carbocycles. The third-order valence-electron chi connectivity index (χ3n) is 4.17. The number of nitrogens with one attached hydrogen (secondary N) is 1. The van der Waals surface area contributed by atoms with Gasteiger partial charge in [0.2, 0.25) is 0 Å².